The Morgan fingerprint density at radius 1 is 1.15 bits per heavy atom. The van der Waals surface area contributed by atoms with Gasteiger partial charge in [-0.2, -0.15) is 10.2 Å². The van der Waals surface area contributed by atoms with E-state index < -0.39 is 5.82 Å². The number of rotatable bonds is 7. The highest BCUT2D eigenvalue weighted by Crippen LogP contribution is 2.32. The fourth-order valence-corrected chi connectivity index (χ4v) is 5.81. The molecule has 39 heavy (non-hydrogen) atoms. The highest BCUT2D eigenvalue weighted by Gasteiger charge is 2.41. The van der Waals surface area contributed by atoms with E-state index in [0.717, 1.165) is 39.0 Å². The van der Waals surface area contributed by atoms with Crippen molar-refractivity contribution in [2.75, 3.05) is 37.6 Å². The molecule has 1 atom stereocenters. The third-order valence-corrected chi connectivity index (χ3v) is 8.17. The van der Waals surface area contributed by atoms with Gasteiger partial charge in [-0.25, -0.2) is 23.7 Å². The first-order chi connectivity index (χ1) is 18.9. The summed E-state index contributed by atoms with van der Waals surface area (Å²) in [5, 5.41) is 10.9. The second-order valence-electron chi connectivity index (χ2n) is 10.9. The van der Waals surface area contributed by atoms with Crippen LogP contribution in [0.3, 0.4) is 0 Å². The van der Waals surface area contributed by atoms with Gasteiger partial charge in [-0.3, -0.25) is 10.00 Å². The van der Waals surface area contributed by atoms with E-state index in [4.69, 9.17) is 4.98 Å². The van der Waals surface area contributed by atoms with Crippen molar-refractivity contribution in [3.8, 4) is 22.5 Å². The Morgan fingerprint density at radius 2 is 1.97 bits per heavy atom. The molecule has 4 aromatic rings. The molecule has 2 saturated heterocycles. The van der Waals surface area contributed by atoms with E-state index in [1.54, 1.807) is 16.8 Å². The van der Waals surface area contributed by atoms with Gasteiger partial charge >= 0.3 is 6.03 Å². The lowest BCUT2D eigenvalue weighted by molar-refractivity contribution is 0.159. The van der Waals surface area contributed by atoms with E-state index in [2.05, 4.69) is 46.0 Å². The number of hydrogen-bond acceptors (Lipinski definition) is 6. The minimum absolute atomic E-state index is 0.00647. The van der Waals surface area contributed by atoms with E-state index in [0.29, 0.717) is 46.4 Å². The first-order valence-corrected chi connectivity index (χ1v) is 13.7. The van der Waals surface area contributed by atoms with Crippen LogP contribution in [0.1, 0.15) is 33.6 Å². The molecule has 5 heterocycles. The zero-order valence-electron chi connectivity index (χ0n) is 22.6. The largest absolute Gasteiger partial charge is 0.326 e. The Bertz CT molecular complexity index is 1460. The number of piperidine rings is 1. The van der Waals surface area contributed by atoms with Crippen LogP contribution in [0.4, 0.5) is 15.0 Å². The van der Waals surface area contributed by atoms with Crippen molar-refractivity contribution in [2.24, 2.45) is 11.8 Å². The van der Waals surface area contributed by atoms with Gasteiger partial charge in [-0.15, -0.1) is 0 Å². The molecule has 0 unspecified atom stereocenters. The number of fused-ring (bicyclic) bond motifs is 1. The maximum absolute atomic E-state index is 15.0. The number of anilines is 1. The van der Waals surface area contributed by atoms with Crippen molar-refractivity contribution < 1.29 is 9.18 Å². The number of aromatic nitrogens is 6. The minimum Gasteiger partial charge on any atom is -0.322 e. The molecule has 10 nitrogen and oxygen atoms in total. The molecule has 1 N–H and O–H groups in total. The number of urea groups is 1. The summed E-state index contributed by atoms with van der Waals surface area (Å²) in [4.78, 5) is 29.0. The summed E-state index contributed by atoms with van der Waals surface area (Å²) < 4.78 is 16.7. The van der Waals surface area contributed by atoms with E-state index in [-0.39, 0.29) is 18.0 Å². The molecule has 0 radical (unpaired) electrons. The Kier molecular flexibility index (Phi) is 6.76. The first-order valence-electron chi connectivity index (χ1n) is 13.7. The smallest absolute Gasteiger partial charge is 0.322 e. The molecule has 0 aliphatic carbocycles. The van der Waals surface area contributed by atoms with Crippen LogP contribution in [-0.2, 0) is 0 Å². The summed E-state index contributed by atoms with van der Waals surface area (Å²) in [6.45, 7) is 11.3. The SMILES string of the molecule is CCN1CCC(CN2C[C@H](C(C)C)N(c3ccn4ncc(-c5ccc(-c6ncn[nH]6)c(F)c5)c4n3)C2=O)CC1. The van der Waals surface area contributed by atoms with Gasteiger partial charge in [0, 0.05) is 24.8 Å². The van der Waals surface area contributed by atoms with Gasteiger partial charge in [0.25, 0.3) is 0 Å². The lowest BCUT2D eigenvalue weighted by Crippen LogP contribution is -2.40. The summed E-state index contributed by atoms with van der Waals surface area (Å²) in [7, 11) is 0. The van der Waals surface area contributed by atoms with Crippen molar-refractivity contribution in [3.63, 3.8) is 0 Å². The van der Waals surface area contributed by atoms with Crippen LogP contribution >= 0.6 is 0 Å². The molecule has 11 heteroatoms. The Hall–Kier alpha value is -3.86. The van der Waals surface area contributed by atoms with E-state index in [9.17, 15) is 4.79 Å². The predicted molar refractivity (Wildman–Crippen MR) is 147 cm³/mol. The van der Waals surface area contributed by atoms with Gasteiger partial charge in [0.05, 0.1) is 17.8 Å². The summed E-state index contributed by atoms with van der Waals surface area (Å²) in [5.41, 5.74) is 2.24. The van der Waals surface area contributed by atoms with Crippen LogP contribution in [0, 0.1) is 17.7 Å². The fraction of sp³-hybridized carbons (Fsp3) is 0.464. The number of H-pyrrole nitrogens is 1. The van der Waals surface area contributed by atoms with Crippen molar-refractivity contribution >= 4 is 17.5 Å². The maximum atomic E-state index is 15.0. The van der Waals surface area contributed by atoms with Crippen LogP contribution in [0.25, 0.3) is 28.2 Å². The number of benzene rings is 1. The molecular weight excluding hydrogens is 497 g/mol. The molecule has 0 bridgehead atoms. The van der Waals surface area contributed by atoms with Crippen molar-refractivity contribution in [1.82, 2.24) is 39.6 Å². The molecule has 204 valence electrons. The topological polar surface area (TPSA) is 98.6 Å². The van der Waals surface area contributed by atoms with Crippen molar-refractivity contribution in [1.29, 1.82) is 0 Å². The number of amides is 2. The van der Waals surface area contributed by atoms with Gasteiger partial charge in [0.2, 0.25) is 0 Å². The second kappa shape index (κ2) is 10.4. The third-order valence-electron chi connectivity index (χ3n) is 8.17. The fourth-order valence-electron chi connectivity index (χ4n) is 5.81. The number of halogens is 1. The van der Waals surface area contributed by atoms with Crippen LogP contribution in [0.15, 0.2) is 43.0 Å². The molecule has 1 aromatic carbocycles. The van der Waals surface area contributed by atoms with Gasteiger partial charge in [0.1, 0.15) is 18.0 Å². The number of carbonyl (C=O) groups is 1. The Morgan fingerprint density at radius 3 is 2.67 bits per heavy atom. The second-order valence-corrected chi connectivity index (χ2v) is 10.9. The van der Waals surface area contributed by atoms with Crippen LogP contribution in [0.2, 0.25) is 0 Å². The molecular formula is C28H34FN9O. The Labute approximate surface area is 226 Å². The van der Waals surface area contributed by atoms with Crippen molar-refractivity contribution in [3.05, 3.63) is 48.8 Å². The average Bonchev–Trinajstić information content (AvgIpc) is 3.68. The van der Waals surface area contributed by atoms with Crippen molar-refractivity contribution in [2.45, 2.75) is 39.7 Å². The molecule has 2 aliphatic heterocycles. The summed E-state index contributed by atoms with van der Waals surface area (Å²) >= 11 is 0. The molecule has 0 saturated carbocycles. The molecule has 2 amide bonds. The standard InChI is InChI=1S/C28H34FN9O/c1-4-35-10-7-19(8-11-35)15-36-16-24(18(2)3)38(28(36)39)25-9-12-37-27(33-25)22(14-32-37)20-5-6-21(23(29)13-20)26-30-17-31-34-26/h5-6,9,12-14,17-19,24H,4,7-8,10-11,15-16H2,1-3H3,(H,30,31,34)/t24-/m1/s1. The number of nitrogens with one attached hydrogen (secondary N) is 1. The molecule has 0 spiro atoms. The van der Waals surface area contributed by atoms with Crippen LogP contribution in [-0.4, -0.2) is 84.4 Å². The van der Waals surface area contributed by atoms with Gasteiger partial charge in [-0.1, -0.05) is 26.8 Å². The van der Waals surface area contributed by atoms with Crippen LogP contribution < -0.4 is 4.90 Å². The molecule has 3 aromatic heterocycles. The van der Waals surface area contributed by atoms with Gasteiger partial charge < -0.3 is 9.80 Å². The summed E-state index contributed by atoms with van der Waals surface area (Å²) in [6.07, 6.45) is 7.09. The normalized spacial score (nSPS) is 19.2. The predicted octanol–water partition coefficient (Wildman–Crippen LogP) is 4.32. The maximum Gasteiger partial charge on any atom is 0.326 e. The van der Waals surface area contributed by atoms with Gasteiger partial charge in [-0.05, 0) is 68.1 Å². The molecule has 2 fully saturated rings. The molecule has 2 aliphatic rings. The number of nitrogens with zero attached hydrogens (tertiary/aromatic N) is 8. The number of aromatic amines is 1. The number of likely N-dealkylation sites (tertiary alicyclic amines) is 1. The highest BCUT2D eigenvalue weighted by atomic mass is 19.1. The zero-order chi connectivity index (χ0) is 27.1. The summed E-state index contributed by atoms with van der Waals surface area (Å²) in [5.74, 6) is 1.33. The first kappa shape index (κ1) is 25.4. The zero-order valence-corrected chi connectivity index (χ0v) is 22.6. The summed E-state index contributed by atoms with van der Waals surface area (Å²) in [6, 6.07) is 6.80. The van der Waals surface area contributed by atoms with E-state index >= 15 is 4.39 Å². The number of carbonyl (C=O) groups excluding carboxylic acids is 1. The molecule has 6 rings (SSSR count). The Balaban J connectivity index is 1.28. The van der Waals surface area contributed by atoms with E-state index in [1.807, 2.05) is 28.1 Å². The lowest BCUT2D eigenvalue weighted by Gasteiger charge is -2.33. The third kappa shape index (κ3) is 4.75. The highest BCUT2D eigenvalue weighted by molar-refractivity contribution is 5.94. The monoisotopic (exact) mass is 531 g/mol. The lowest BCUT2D eigenvalue weighted by atomic mass is 9.96. The van der Waals surface area contributed by atoms with E-state index in [1.165, 1.54) is 12.4 Å². The minimum atomic E-state index is -0.422. The van der Waals surface area contributed by atoms with Crippen LogP contribution in [0.5, 0.6) is 0 Å². The quantitative estimate of drug-likeness (QED) is 0.381. The number of hydrogen-bond donors (Lipinski definition) is 1. The van der Waals surface area contributed by atoms with Gasteiger partial charge in [0.15, 0.2) is 11.5 Å². The average molecular weight is 532 g/mol.